The fourth-order valence-corrected chi connectivity index (χ4v) is 1.87. The van der Waals surface area contributed by atoms with Gasteiger partial charge in [0.2, 0.25) is 5.91 Å². The Morgan fingerprint density at radius 3 is 3.06 bits per heavy atom. The van der Waals surface area contributed by atoms with Gasteiger partial charge in [0, 0.05) is 23.6 Å². The van der Waals surface area contributed by atoms with Crippen molar-refractivity contribution >= 4 is 16.8 Å². The van der Waals surface area contributed by atoms with E-state index in [0.717, 1.165) is 11.9 Å². The predicted molar refractivity (Wildman–Crippen MR) is 69.8 cm³/mol. The van der Waals surface area contributed by atoms with Crippen LogP contribution in [0.3, 0.4) is 0 Å². The number of hydrogen-bond acceptors (Lipinski definition) is 2. The minimum Gasteiger partial charge on any atom is -0.361 e. The van der Waals surface area contributed by atoms with Gasteiger partial charge in [-0.1, -0.05) is 18.2 Å². The molecule has 92 valence electrons. The molecule has 1 aromatic carbocycles. The first-order valence-electron chi connectivity index (χ1n) is 5.94. The number of amides is 1. The molecule has 0 aliphatic carbocycles. The van der Waals surface area contributed by atoms with E-state index in [-0.39, 0.29) is 5.91 Å². The van der Waals surface area contributed by atoms with Crippen molar-refractivity contribution in [3.05, 3.63) is 36.0 Å². The molecule has 2 N–H and O–H groups in total. The molecule has 18 heavy (non-hydrogen) atoms. The highest BCUT2D eigenvalue weighted by molar-refractivity contribution is 5.83. The maximum Gasteiger partial charge on any atom is 0.237 e. The van der Waals surface area contributed by atoms with Crippen LogP contribution in [0, 0.1) is 17.2 Å². The Hall–Kier alpha value is -2.28. The first-order chi connectivity index (χ1) is 8.72. The number of fused-ring (bicyclic) bond motifs is 1. The van der Waals surface area contributed by atoms with Gasteiger partial charge in [-0.25, -0.2) is 0 Å². The fourth-order valence-electron chi connectivity index (χ4n) is 1.87. The zero-order valence-electron chi connectivity index (χ0n) is 10.2. The van der Waals surface area contributed by atoms with Crippen LogP contribution in [0.4, 0.5) is 0 Å². The molecule has 4 nitrogen and oxygen atoms in total. The van der Waals surface area contributed by atoms with Crippen molar-refractivity contribution in [1.29, 1.82) is 5.26 Å². The number of carbonyl (C=O) groups excluding carboxylic acids is 1. The van der Waals surface area contributed by atoms with Crippen LogP contribution < -0.4 is 5.32 Å². The first-order valence-corrected chi connectivity index (χ1v) is 5.94. The van der Waals surface area contributed by atoms with Crippen LogP contribution in [-0.4, -0.2) is 17.4 Å². The average molecular weight is 241 g/mol. The molecule has 0 aliphatic heterocycles. The average Bonchev–Trinajstić information content (AvgIpc) is 2.81. The van der Waals surface area contributed by atoms with Crippen molar-refractivity contribution < 1.29 is 4.79 Å². The Kier molecular flexibility index (Phi) is 3.63. The molecule has 1 aromatic heterocycles. The van der Waals surface area contributed by atoms with Gasteiger partial charge in [0.05, 0.1) is 6.07 Å². The minimum absolute atomic E-state index is 0.211. The van der Waals surface area contributed by atoms with Gasteiger partial charge >= 0.3 is 0 Å². The van der Waals surface area contributed by atoms with Crippen LogP contribution >= 0.6 is 0 Å². The van der Waals surface area contributed by atoms with E-state index in [1.165, 1.54) is 10.9 Å². The molecular weight excluding hydrogens is 226 g/mol. The molecular formula is C14H15N3O. The summed E-state index contributed by atoms with van der Waals surface area (Å²) in [5.41, 5.74) is 2.28. The van der Waals surface area contributed by atoms with Gasteiger partial charge in [0.15, 0.2) is 0 Å². The monoisotopic (exact) mass is 241 g/mol. The van der Waals surface area contributed by atoms with E-state index in [2.05, 4.69) is 16.4 Å². The van der Waals surface area contributed by atoms with Crippen LogP contribution in [0.15, 0.2) is 30.5 Å². The molecule has 2 aromatic rings. The third kappa shape index (κ3) is 2.51. The smallest absolute Gasteiger partial charge is 0.237 e. The number of H-pyrrole nitrogens is 1. The first kappa shape index (κ1) is 12.2. The fraction of sp³-hybridized carbons (Fsp3) is 0.286. The van der Waals surface area contributed by atoms with E-state index in [9.17, 15) is 4.79 Å². The molecule has 1 unspecified atom stereocenters. The molecule has 0 fully saturated rings. The lowest BCUT2D eigenvalue weighted by atomic mass is 10.1. The summed E-state index contributed by atoms with van der Waals surface area (Å²) in [6.45, 7) is 2.15. The van der Waals surface area contributed by atoms with Gasteiger partial charge in [-0.15, -0.1) is 0 Å². The summed E-state index contributed by atoms with van der Waals surface area (Å²) in [4.78, 5) is 14.6. The maximum absolute atomic E-state index is 11.4. The summed E-state index contributed by atoms with van der Waals surface area (Å²) in [5.74, 6) is -0.801. The number of nitrogens with zero attached hydrogens (tertiary/aromatic N) is 1. The van der Waals surface area contributed by atoms with Gasteiger partial charge in [0.1, 0.15) is 5.92 Å². The number of carbonyl (C=O) groups is 1. The van der Waals surface area contributed by atoms with Crippen LogP contribution in [0.1, 0.15) is 12.5 Å². The third-order valence-electron chi connectivity index (χ3n) is 2.96. The summed E-state index contributed by atoms with van der Waals surface area (Å²) >= 11 is 0. The standard InChI is InChI=1S/C14H15N3O/c1-10(8-15)14(18)16-7-6-11-9-17-13-5-3-2-4-12(11)13/h2-5,9-10,17H,6-7H2,1H3,(H,16,18). The Balaban J connectivity index is 1.95. The van der Waals surface area contributed by atoms with Crippen LogP contribution in [0.5, 0.6) is 0 Å². The Labute approximate surface area is 106 Å². The maximum atomic E-state index is 11.4. The largest absolute Gasteiger partial charge is 0.361 e. The van der Waals surface area contributed by atoms with E-state index in [1.807, 2.05) is 30.5 Å². The van der Waals surface area contributed by atoms with E-state index < -0.39 is 5.92 Å². The van der Waals surface area contributed by atoms with Crippen molar-refractivity contribution in [1.82, 2.24) is 10.3 Å². The zero-order chi connectivity index (χ0) is 13.0. The number of para-hydroxylation sites is 1. The molecule has 1 heterocycles. The van der Waals surface area contributed by atoms with Gasteiger partial charge in [-0.3, -0.25) is 4.79 Å². The highest BCUT2D eigenvalue weighted by Gasteiger charge is 2.10. The van der Waals surface area contributed by atoms with E-state index in [0.29, 0.717) is 6.54 Å². The molecule has 1 amide bonds. The van der Waals surface area contributed by atoms with Gasteiger partial charge in [-0.2, -0.15) is 5.26 Å². The molecule has 2 rings (SSSR count). The van der Waals surface area contributed by atoms with Crippen molar-refractivity contribution in [2.75, 3.05) is 6.54 Å². The van der Waals surface area contributed by atoms with E-state index in [4.69, 9.17) is 5.26 Å². The van der Waals surface area contributed by atoms with Crippen molar-refractivity contribution in [3.8, 4) is 6.07 Å². The second kappa shape index (κ2) is 5.37. The predicted octanol–water partition coefficient (Wildman–Crippen LogP) is 1.99. The van der Waals surface area contributed by atoms with Crippen molar-refractivity contribution in [2.24, 2.45) is 5.92 Å². The Bertz CT molecular complexity index is 594. The lowest BCUT2D eigenvalue weighted by molar-refractivity contribution is -0.122. The molecule has 0 radical (unpaired) electrons. The molecule has 1 atom stereocenters. The summed E-state index contributed by atoms with van der Waals surface area (Å²) in [6.07, 6.45) is 2.72. The molecule has 0 saturated heterocycles. The van der Waals surface area contributed by atoms with Crippen LogP contribution in [-0.2, 0) is 11.2 Å². The van der Waals surface area contributed by atoms with Crippen molar-refractivity contribution in [3.63, 3.8) is 0 Å². The van der Waals surface area contributed by atoms with Gasteiger partial charge in [0.25, 0.3) is 0 Å². The number of hydrogen-bond donors (Lipinski definition) is 2. The normalized spacial score (nSPS) is 12.0. The summed E-state index contributed by atoms with van der Waals surface area (Å²) < 4.78 is 0. The minimum atomic E-state index is -0.590. The summed E-state index contributed by atoms with van der Waals surface area (Å²) in [5, 5.41) is 12.6. The topological polar surface area (TPSA) is 68.7 Å². The summed E-state index contributed by atoms with van der Waals surface area (Å²) in [6, 6.07) is 9.98. The second-order valence-corrected chi connectivity index (χ2v) is 4.25. The number of rotatable bonds is 4. The van der Waals surface area contributed by atoms with Crippen LogP contribution in [0.2, 0.25) is 0 Å². The number of nitrogens with one attached hydrogen (secondary N) is 2. The Morgan fingerprint density at radius 1 is 1.50 bits per heavy atom. The number of aromatic nitrogens is 1. The SMILES string of the molecule is CC(C#N)C(=O)NCCc1c[nH]c2ccccc12. The van der Waals surface area contributed by atoms with E-state index >= 15 is 0 Å². The van der Waals surface area contributed by atoms with Gasteiger partial charge < -0.3 is 10.3 Å². The van der Waals surface area contributed by atoms with Gasteiger partial charge in [-0.05, 0) is 25.0 Å². The number of aromatic amines is 1. The Morgan fingerprint density at radius 2 is 2.28 bits per heavy atom. The zero-order valence-corrected chi connectivity index (χ0v) is 10.2. The highest BCUT2D eigenvalue weighted by atomic mass is 16.1. The number of benzene rings is 1. The lowest BCUT2D eigenvalue weighted by Gasteiger charge is -2.05. The number of nitriles is 1. The summed E-state index contributed by atoms with van der Waals surface area (Å²) in [7, 11) is 0. The molecule has 4 heteroatoms. The lowest BCUT2D eigenvalue weighted by Crippen LogP contribution is -2.30. The molecule has 0 aliphatic rings. The molecule has 0 spiro atoms. The quantitative estimate of drug-likeness (QED) is 0.859. The molecule has 0 bridgehead atoms. The highest BCUT2D eigenvalue weighted by Crippen LogP contribution is 2.17. The van der Waals surface area contributed by atoms with E-state index in [1.54, 1.807) is 6.92 Å². The third-order valence-corrected chi connectivity index (χ3v) is 2.96. The van der Waals surface area contributed by atoms with Crippen LogP contribution in [0.25, 0.3) is 10.9 Å². The molecule has 0 saturated carbocycles. The second-order valence-electron chi connectivity index (χ2n) is 4.25. The van der Waals surface area contributed by atoms with Crippen molar-refractivity contribution in [2.45, 2.75) is 13.3 Å².